The van der Waals surface area contributed by atoms with Gasteiger partial charge in [-0.1, -0.05) is 0 Å². The van der Waals surface area contributed by atoms with Gasteiger partial charge in [0.1, 0.15) is 5.82 Å². The summed E-state index contributed by atoms with van der Waals surface area (Å²) in [6.45, 7) is 5.35. The van der Waals surface area contributed by atoms with Crippen LogP contribution in [0.1, 0.15) is 17.5 Å². The summed E-state index contributed by atoms with van der Waals surface area (Å²) in [5, 5.41) is 9.25. The van der Waals surface area contributed by atoms with Crippen molar-refractivity contribution in [3.63, 3.8) is 0 Å². The second-order valence-corrected chi connectivity index (χ2v) is 6.16. The average Bonchev–Trinajstić information content (AvgIpc) is 3.17. The van der Waals surface area contributed by atoms with Crippen LogP contribution >= 0.6 is 0 Å². The monoisotopic (exact) mass is 324 g/mol. The third kappa shape index (κ3) is 2.41. The zero-order chi connectivity index (χ0) is 16.7. The number of aromatic nitrogens is 2. The quantitative estimate of drug-likeness (QED) is 0.799. The van der Waals surface area contributed by atoms with Crippen molar-refractivity contribution in [1.29, 1.82) is 0 Å². The van der Waals surface area contributed by atoms with Crippen LogP contribution in [0.5, 0.6) is 11.5 Å². The molecule has 0 saturated carbocycles. The highest BCUT2D eigenvalue weighted by atomic mass is 16.7. The zero-order valence-electron chi connectivity index (χ0n) is 13.9. The molecule has 0 atom stereocenters. The maximum atomic E-state index is 9.25. The van der Waals surface area contributed by atoms with Gasteiger partial charge in [0.05, 0.1) is 11.0 Å². The molecule has 0 fully saturated rings. The highest BCUT2D eigenvalue weighted by molar-refractivity contribution is 5.82. The van der Waals surface area contributed by atoms with Crippen molar-refractivity contribution in [3.8, 4) is 22.9 Å². The van der Waals surface area contributed by atoms with Gasteiger partial charge in [0.25, 0.3) is 0 Å². The van der Waals surface area contributed by atoms with Crippen molar-refractivity contribution in [2.24, 2.45) is 0 Å². The van der Waals surface area contributed by atoms with Gasteiger partial charge in [-0.15, -0.1) is 0 Å². The fourth-order valence-electron chi connectivity index (χ4n) is 3.09. The van der Waals surface area contributed by atoms with E-state index in [1.165, 1.54) is 11.1 Å². The van der Waals surface area contributed by atoms with Gasteiger partial charge in [-0.2, -0.15) is 0 Å². The highest BCUT2D eigenvalue weighted by Gasteiger charge is 2.18. The van der Waals surface area contributed by atoms with E-state index >= 15 is 0 Å². The number of benzene rings is 2. The first-order chi connectivity index (χ1) is 11.7. The standard InChI is InChI=1S/C19H20N2O3/c1-12-8-15-16(9-13(12)2)21(6-3-7-22)19(20-15)14-4-5-17-18(10-14)24-11-23-17/h4-5,8-10,22H,3,6-7,11H2,1-2H3. The van der Waals surface area contributed by atoms with E-state index in [0.29, 0.717) is 6.42 Å². The van der Waals surface area contributed by atoms with Gasteiger partial charge in [-0.05, 0) is 61.7 Å². The lowest BCUT2D eigenvalue weighted by Gasteiger charge is -2.10. The third-order valence-corrected chi connectivity index (χ3v) is 4.53. The number of ether oxygens (including phenoxy) is 2. The molecule has 5 heteroatoms. The fraction of sp³-hybridized carbons (Fsp3) is 0.316. The van der Waals surface area contributed by atoms with Crippen molar-refractivity contribution in [1.82, 2.24) is 9.55 Å². The zero-order valence-corrected chi connectivity index (χ0v) is 13.9. The first-order valence-electron chi connectivity index (χ1n) is 8.16. The number of rotatable bonds is 4. The van der Waals surface area contributed by atoms with Crippen LogP contribution in [-0.4, -0.2) is 28.1 Å². The van der Waals surface area contributed by atoms with Crippen molar-refractivity contribution in [2.45, 2.75) is 26.8 Å². The van der Waals surface area contributed by atoms with E-state index in [4.69, 9.17) is 14.5 Å². The van der Waals surface area contributed by atoms with E-state index in [1.807, 2.05) is 18.2 Å². The number of aliphatic hydroxyl groups is 1. The average molecular weight is 324 g/mol. The largest absolute Gasteiger partial charge is 0.454 e. The smallest absolute Gasteiger partial charge is 0.231 e. The summed E-state index contributed by atoms with van der Waals surface area (Å²) in [5.41, 5.74) is 5.53. The number of nitrogens with zero attached hydrogens (tertiary/aromatic N) is 2. The number of hydrogen-bond donors (Lipinski definition) is 1. The summed E-state index contributed by atoms with van der Waals surface area (Å²) in [7, 11) is 0. The van der Waals surface area contributed by atoms with Crippen molar-refractivity contribution >= 4 is 11.0 Å². The minimum atomic E-state index is 0.158. The molecule has 0 aliphatic carbocycles. The van der Waals surface area contributed by atoms with Crippen molar-refractivity contribution in [2.75, 3.05) is 13.4 Å². The van der Waals surface area contributed by atoms with Crippen LogP contribution in [0.25, 0.3) is 22.4 Å². The molecule has 124 valence electrons. The lowest BCUT2D eigenvalue weighted by molar-refractivity contribution is 0.174. The molecular formula is C19H20N2O3. The second kappa shape index (κ2) is 5.83. The molecule has 0 bridgehead atoms. The molecule has 0 saturated heterocycles. The van der Waals surface area contributed by atoms with Gasteiger partial charge in [-0.25, -0.2) is 4.98 Å². The molecular weight excluding hydrogens is 304 g/mol. The summed E-state index contributed by atoms with van der Waals surface area (Å²) in [5.74, 6) is 2.41. The van der Waals surface area contributed by atoms with Crippen LogP contribution < -0.4 is 9.47 Å². The first kappa shape index (κ1) is 15.0. The van der Waals surface area contributed by atoms with E-state index in [1.54, 1.807) is 0 Å². The molecule has 0 radical (unpaired) electrons. The maximum absolute atomic E-state index is 9.25. The van der Waals surface area contributed by atoms with E-state index in [2.05, 4.69) is 30.5 Å². The summed E-state index contributed by atoms with van der Waals surface area (Å²) >= 11 is 0. The topological polar surface area (TPSA) is 56.5 Å². The minimum absolute atomic E-state index is 0.158. The summed E-state index contributed by atoms with van der Waals surface area (Å²) < 4.78 is 13.1. The van der Waals surface area contributed by atoms with Gasteiger partial charge in [-0.3, -0.25) is 0 Å². The summed E-state index contributed by atoms with van der Waals surface area (Å²) in [6, 6.07) is 10.2. The number of fused-ring (bicyclic) bond motifs is 2. The highest BCUT2D eigenvalue weighted by Crippen LogP contribution is 2.36. The molecule has 0 spiro atoms. The fourth-order valence-corrected chi connectivity index (χ4v) is 3.09. The first-order valence-corrected chi connectivity index (χ1v) is 8.16. The second-order valence-electron chi connectivity index (χ2n) is 6.16. The molecule has 24 heavy (non-hydrogen) atoms. The van der Waals surface area contributed by atoms with E-state index in [0.717, 1.165) is 40.5 Å². The molecule has 1 aliphatic rings. The Kier molecular flexibility index (Phi) is 3.65. The predicted octanol–water partition coefficient (Wildman–Crippen LogP) is 3.43. The molecule has 1 N–H and O–H groups in total. The SMILES string of the molecule is Cc1cc2nc(-c3ccc4c(c3)OCO4)n(CCCO)c2cc1C. The van der Waals surface area contributed by atoms with Gasteiger partial charge >= 0.3 is 0 Å². The minimum Gasteiger partial charge on any atom is -0.454 e. The maximum Gasteiger partial charge on any atom is 0.231 e. The molecule has 0 unspecified atom stereocenters. The number of aryl methyl sites for hydroxylation is 3. The van der Waals surface area contributed by atoms with Gasteiger partial charge in [0.15, 0.2) is 11.5 Å². The van der Waals surface area contributed by atoms with Crippen LogP contribution in [0.3, 0.4) is 0 Å². The van der Waals surface area contributed by atoms with E-state index < -0.39 is 0 Å². The lowest BCUT2D eigenvalue weighted by Crippen LogP contribution is -2.03. The van der Waals surface area contributed by atoms with E-state index in [-0.39, 0.29) is 13.4 Å². The van der Waals surface area contributed by atoms with E-state index in [9.17, 15) is 5.11 Å². The lowest BCUT2D eigenvalue weighted by atomic mass is 10.1. The Labute approximate surface area is 140 Å². The Morgan fingerprint density at radius 1 is 1.08 bits per heavy atom. The molecule has 0 amide bonds. The van der Waals surface area contributed by atoms with Crippen molar-refractivity contribution < 1.29 is 14.6 Å². The molecule has 4 rings (SSSR count). The Balaban J connectivity index is 1.90. The van der Waals surface area contributed by atoms with Crippen LogP contribution in [0.15, 0.2) is 30.3 Å². The number of aliphatic hydroxyl groups excluding tert-OH is 1. The molecule has 2 heterocycles. The van der Waals surface area contributed by atoms with Crippen LogP contribution in [-0.2, 0) is 6.54 Å². The van der Waals surface area contributed by atoms with Crippen LogP contribution in [0.4, 0.5) is 0 Å². The van der Waals surface area contributed by atoms with Crippen LogP contribution in [0, 0.1) is 13.8 Å². The van der Waals surface area contributed by atoms with Crippen molar-refractivity contribution in [3.05, 3.63) is 41.5 Å². The van der Waals surface area contributed by atoms with Crippen LogP contribution in [0.2, 0.25) is 0 Å². The Morgan fingerprint density at radius 3 is 2.71 bits per heavy atom. The Hall–Kier alpha value is -2.53. The van der Waals surface area contributed by atoms with Gasteiger partial charge in [0, 0.05) is 18.7 Å². The predicted molar refractivity (Wildman–Crippen MR) is 92.5 cm³/mol. The Morgan fingerprint density at radius 2 is 1.88 bits per heavy atom. The molecule has 3 aromatic rings. The molecule has 1 aromatic heterocycles. The normalized spacial score (nSPS) is 13.0. The summed E-state index contributed by atoms with van der Waals surface area (Å²) in [4.78, 5) is 4.85. The number of hydrogen-bond acceptors (Lipinski definition) is 4. The van der Waals surface area contributed by atoms with Gasteiger partial charge < -0.3 is 19.1 Å². The third-order valence-electron chi connectivity index (χ3n) is 4.53. The summed E-state index contributed by atoms with van der Waals surface area (Å²) in [6.07, 6.45) is 0.690. The number of imidazole rings is 1. The molecule has 1 aliphatic heterocycles. The molecule has 2 aromatic carbocycles. The Bertz CT molecular complexity index is 915. The molecule has 5 nitrogen and oxygen atoms in total. The van der Waals surface area contributed by atoms with Gasteiger partial charge in [0.2, 0.25) is 6.79 Å².